The Bertz CT molecular complexity index is 712. The van der Waals surface area contributed by atoms with Gasteiger partial charge in [0.25, 0.3) is 0 Å². The summed E-state index contributed by atoms with van der Waals surface area (Å²) >= 11 is 0. The number of nitrogens with one attached hydrogen (secondary N) is 1. The van der Waals surface area contributed by atoms with Gasteiger partial charge in [-0.1, -0.05) is 39.8 Å². The summed E-state index contributed by atoms with van der Waals surface area (Å²) in [6.07, 6.45) is 1.45. The van der Waals surface area contributed by atoms with E-state index in [2.05, 4.69) is 28.1 Å². The Balaban J connectivity index is 1.59. The first kappa shape index (κ1) is 21.6. The zero-order valence-electron chi connectivity index (χ0n) is 18.4. The lowest BCUT2D eigenvalue weighted by Gasteiger charge is -2.37. The van der Waals surface area contributed by atoms with Crippen LogP contribution in [0.4, 0.5) is 11.4 Å². The minimum atomic E-state index is -0.365. The van der Waals surface area contributed by atoms with Crippen molar-refractivity contribution in [3.05, 3.63) is 24.3 Å². The lowest BCUT2D eigenvalue weighted by atomic mass is 9.90. The fourth-order valence-electron chi connectivity index (χ4n) is 4.21. The molecule has 2 aliphatic rings. The minimum absolute atomic E-state index is 0.0380. The van der Waals surface area contributed by atoms with Gasteiger partial charge in [-0.05, 0) is 31.5 Å². The lowest BCUT2D eigenvalue weighted by molar-refractivity contribution is -0.142. The standard InChI is InChI=1S/C23H36N4O2/c1-5-25-14-16-26(17-15-25)20-9-7-6-8-19(20)24-21(28)18-10-12-27(13-11-18)22(29)23(2,3)4/h6-9,18H,5,10-17H2,1-4H3,(H,24,28). The Hall–Kier alpha value is -2.08. The van der Waals surface area contributed by atoms with Crippen molar-refractivity contribution in [1.82, 2.24) is 9.80 Å². The molecule has 6 nitrogen and oxygen atoms in total. The summed E-state index contributed by atoms with van der Waals surface area (Å²) in [4.78, 5) is 32.1. The van der Waals surface area contributed by atoms with E-state index in [-0.39, 0.29) is 23.1 Å². The van der Waals surface area contributed by atoms with Crippen LogP contribution in [-0.2, 0) is 9.59 Å². The van der Waals surface area contributed by atoms with Crippen molar-refractivity contribution in [2.75, 3.05) is 56.0 Å². The molecule has 1 aromatic rings. The molecular weight excluding hydrogens is 364 g/mol. The number of amides is 2. The van der Waals surface area contributed by atoms with E-state index in [1.165, 1.54) is 0 Å². The summed E-state index contributed by atoms with van der Waals surface area (Å²) in [5, 5.41) is 3.18. The molecule has 0 atom stereocenters. The highest BCUT2D eigenvalue weighted by molar-refractivity contribution is 5.96. The van der Waals surface area contributed by atoms with Gasteiger partial charge in [-0.25, -0.2) is 0 Å². The first-order valence-electron chi connectivity index (χ1n) is 11.0. The molecule has 3 rings (SSSR count). The van der Waals surface area contributed by atoms with Crippen molar-refractivity contribution in [3.8, 4) is 0 Å². The van der Waals surface area contributed by atoms with Gasteiger partial charge in [0.15, 0.2) is 0 Å². The average molecular weight is 401 g/mol. The fraction of sp³-hybridized carbons (Fsp3) is 0.652. The van der Waals surface area contributed by atoms with Crippen LogP contribution in [0.3, 0.4) is 0 Å². The molecule has 29 heavy (non-hydrogen) atoms. The Morgan fingerprint density at radius 1 is 1.00 bits per heavy atom. The van der Waals surface area contributed by atoms with E-state index in [0.29, 0.717) is 13.1 Å². The van der Waals surface area contributed by atoms with Crippen LogP contribution in [0, 0.1) is 11.3 Å². The number of anilines is 2. The number of piperazine rings is 1. The monoisotopic (exact) mass is 400 g/mol. The number of para-hydroxylation sites is 2. The molecule has 0 bridgehead atoms. The number of benzene rings is 1. The number of hydrogen-bond donors (Lipinski definition) is 1. The van der Waals surface area contributed by atoms with E-state index in [4.69, 9.17) is 0 Å². The molecular formula is C23H36N4O2. The first-order valence-corrected chi connectivity index (χ1v) is 11.0. The number of carbonyl (C=O) groups is 2. The van der Waals surface area contributed by atoms with E-state index in [9.17, 15) is 9.59 Å². The SMILES string of the molecule is CCN1CCN(c2ccccc2NC(=O)C2CCN(C(=O)C(C)(C)C)CC2)CC1. The highest BCUT2D eigenvalue weighted by atomic mass is 16.2. The van der Waals surface area contributed by atoms with Crippen molar-refractivity contribution >= 4 is 23.2 Å². The molecule has 2 fully saturated rings. The molecule has 2 amide bonds. The van der Waals surface area contributed by atoms with Crippen LogP contribution in [0.25, 0.3) is 0 Å². The predicted octanol–water partition coefficient (Wildman–Crippen LogP) is 3.05. The van der Waals surface area contributed by atoms with Crippen LogP contribution in [0.1, 0.15) is 40.5 Å². The first-order chi connectivity index (χ1) is 13.8. The van der Waals surface area contributed by atoms with Gasteiger partial charge in [0.1, 0.15) is 0 Å². The average Bonchev–Trinajstić information content (AvgIpc) is 2.73. The number of hydrogen-bond acceptors (Lipinski definition) is 4. The van der Waals surface area contributed by atoms with Crippen molar-refractivity contribution in [2.24, 2.45) is 11.3 Å². The zero-order chi connectivity index (χ0) is 21.0. The second-order valence-corrected chi connectivity index (χ2v) is 9.24. The molecule has 160 valence electrons. The topological polar surface area (TPSA) is 55.9 Å². The third-order valence-electron chi connectivity index (χ3n) is 6.12. The van der Waals surface area contributed by atoms with Crippen LogP contribution >= 0.6 is 0 Å². The van der Waals surface area contributed by atoms with Gasteiger partial charge in [-0.3, -0.25) is 9.59 Å². The van der Waals surface area contributed by atoms with E-state index >= 15 is 0 Å². The van der Waals surface area contributed by atoms with E-state index in [1.807, 2.05) is 43.9 Å². The molecule has 0 spiro atoms. The number of nitrogens with zero attached hydrogens (tertiary/aromatic N) is 3. The molecule has 6 heteroatoms. The molecule has 1 N–H and O–H groups in total. The summed E-state index contributed by atoms with van der Waals surface area (Å²) in [6.45, 7) is 14.5. The summed E-state index contributed by atoms with van der Waals surface area (Å²) in [6, 6.07) is 8.11. The highest BCUT2D eigenvalue weighted by Gasteiger charge is 2.32. The summed E-state index contributed by atoms with van der Waals surface area (Å²) in [5.41, 5.74) is 1.64. The Morgan fingerprint density at radius 2 is 1.62 bits per heavy atom. The molecule has 0 unspecified atom stereocenters. The van der Waals surface area contributed by atoms with Crippen molar-refractivity contribution in [2.45, 2.75) is 40.5 Å². The van der Waals surface area contributed by atoms with Crippen LogP contribution in [0.2, 0.25) is 0 Å². The van der Waals surface area contributed by atoms with E-state index in [0.717, 1.165) is 56.9 Å². The third kappa shape index (κ3) is 5.30. The van der Waals surface area contributed by atoms with Gasteiger partial charge < -0.3 is 20.0 Å². The molecule has 2 saturated heterocycles. The molecule has 0 saturated carbocycles. The highest BCUT2D eigenvalue weighted by Crippen LogP contribution is 2.29. The van der Waals surface area contributed by atoms with E-state index < -0.39 is 0 Å². The molecule has 2 aliphatic heterocycles. The van der Waals surface area contributed by atoms with Crippen LogP contribution in [-0.4, -0.2) is 67.4 Å². The second kappa shape index (κ2) is 9.16. The molecule has 1 aromatic carbocycles. The summed E-state index contributed by atoms with van der Waals surface area (Å²) < 4.78 is 0. The number of piperidine rings is 1. The van der Waals surface area contributed by atoms with Crippen molar-refractivity contribution in [1.29, 1.82) is 0 Å². The van der Waals surface area contributed by atoms with Crippen molar-refractivity contribution in [3.63, 3.8) is 0 Å². The summed E-state index contributed by atoms with van der Waals surface area (Å²) in [5.74, 6) is 0.212. The Labute approximate surface area is 175 Å². The fourth-order valence-corrected chi connectivity index (χ4v) is 4.21. The van der Waals surface area contributed by atoms with Gasteiger partial charge in [-0.2, -0.15) is 0 Å². The van der Waals surface area contributed by atoms with Crippen molar-refractivity contribution < 1.29 is 9.59 Å². The molecule has 0 aliphatic carbocycles. The largest absolute Gasteiger partial charge is 0.367 e. The van der Waals surface area contributed by atoms with Gasteiger partial charge in [0, 0.05) is 50.6 Å². The number of rotatable bonds is 4. The smallest absolute Gasteiger partial charge is 0.227 e. The lowest BCUT2D eigenvalue weighted by Crippen LogP contribution is -2.46. The maximum atomic E-state index is 12.9. The predicted molar refractivity (Wildman–Crippen MR) is 118 cm³/mol. The maximum absolute atomic E-state index is 12.9. The van der Waals surface area contributed by atoms with Gasteiger partial charge >= 0.3 is 0 Å². The normalized spacial score (nSPS) is 19.3. The minimum Gasteiger partial charge on any atom is -0.367 e. The number of carbonyl (C=O) groups excluding carboxylic acids is 2. The van der Waals surface area contributed by atoms with Crippen LogP contribution < -0.4 is 10.2 Å². The zero-order valence-corrected chi connectivity index (χ0v) is 18.4. The molecule has 0 aromatic heterocycles. The molecule has 2 heterocycles. The third-order valence-corrected chi connectivity index (χ3v) is 6.12. The van der Waals surface area contributed by atoms with Gasteiger partial charge in [0.2, 0.25) is 11.8 Å². The maximum Gasteiger partial charge on any atom is 0.227 e. The van der Waals surface area contributed by atoms with Crippen LogP contribution in [0.15, 0.2) is 24.3 Å². The number of likely N-dealkylation sites (N-methyl/N-ethyl adjacent to an activating group) is 1. The van der Waals surface area contributed by atoms with Gasteiger partial charge in [-0.15, -0.1) is 0 Å². The second-order valence-electron chi connectivity index (χ2n) is 9.24. The Kier molecular flexibility index (Phi) is 6.83. The molecule has 0 radical (unpaired) electrons. The van der Waals surface area contributed by atoms with E-state index in [1.54, 1.807) is 0 Å². The van der Waals surface area contributed by atoms with Gasteiger partial charge in [0.05, 0.1) is 11.4 Å². The quantitative estimate of drug-likeness (QED) is 0.844. The Morgan fingerprint density at radius 3 is 2.21 bits per heavy atom. The van der Waals surface area contributed by atoms with Crippen LogP contribution in [0.5, 0.6) is 0 Å². The summed E-state index contributed by atoms with van der Waals surface area (Å²) in [7, 11) is 0. The number of likely N-dealkylation sites (tertiary alicyclic amines) is 1.